The molecule has 4 N–H and O–H groups in total. The van der Waals surface area contributed by atoms with E-state index in [9.17, 15) is 0 Å². The number of benzene rings is 1. The molecule has 1 unspecified atom stereocenters. The summed E-state index contributed by atoms with van der Waals surface area (Å²) < 4.78 is 8.88. The average molecular weight is 438 g/mol. The van der Waals surface area contributed by atoms with Crippen molar-refractivity contribution in [3.05, 3.63) is 35.5 Å². The number of fused-ring (bicyclic) bond motifs is 2. The van der Waals surface area contributed by atoms with Crippen molar-refractivity contribution in [2.45, 2.75) is 65.3 Å². The lowest BCUT2D eigenvalue weighted by molar-refractivity contribution is 0.275. The molecule has 8 heteroatoms. The van der Waals surface area contributed by atoms with Gasteiger partial charge in [0.05, 0.1) is 5.52 Å². The number of nitrogens with one attached hydrogen (secondary N) is 1. The van der Waals surface area contributed by atoms with E-state index < -0.39 is 7.82 Å². The van der Waals surface area contributed by atoms with Gasteiger partial charge in [0.1, 0.15) is 0 Å². The molecule has 0 aliphatic heterocycles. The number of phosphoric acid groups is 1. The number of para-hydroxylation sites is 1. The molecule has 0 amide bonds. The van der Waals surface area contributed by atoms with Crippen LogP contribution in [0.5, 0.6) is 0 Å². The van der Waals surface area contributed by atoms with E-state index in [1.165, 1.54) is 61.0 Å². The van der Waals surface area contributed by atoms with Crippen molar-refractivity contribution < 1.29 is 19.2 Å². The second kappa shape index (κ2) is 11.8. The number of aryl methyl sites for hydroxylation is 1. The summed E-state index contributed by atoms with van der Waals surface area (Å²) in [6, 6.07) is 9.10. The summed E-state index contributed by atoms with van der Waals surface area (Å²) in [6.45, 7) is 10.3. The standard InChI is InChI=1S/C22H33N3.H3O4P/c1-4-25(5-2)16-10-11-17(3)23-22-18-12-6-8-14-20(18)24-21-15-9-7-13-19(21)22;1-5(2,3)4/h6,8,12,14,17H,4-5,7,9-11,13,15-16H2,1-3H3,(H,23,24);(H3,1,2,3,4). The zero-order valence-corrected chi connectivity index (χ0v) is 19.2. The van der Waals surface area contributed by atoms with Gasteiger partial charge in [-0.25, -0.2) is 4.57 Å². The fraction of sp³-hybridized carbons (Fsp3) is 0.591. The molecule has 30 heavy (non-hydrogen) atoms. The van der Waals surface area contributed by atoms with E-state index in [2.05, 4.69) is 55.3 Å². The molecule has 7 nitrogen and oxygen atoms in total. The number of hydrogen-bond donors (Lipinski definition) is 4. The zero-order valence-electron chi connectivity index (χ0n) is 18.3. The predicted molar refractivity (Wildman–Crippen MR) is 123 cm³/mol. The first-order valence-electron chi connectivity index (χ1n) is 10.9. The molecule has 0 bridgehead atoms. The van der Waals surface area contributed by atoms with E-state index in [4.69, 9.17) is 24.2 Å². The van der Waals surface area contributed by atoms with Crippen LogP contribution in [-0.4, -0.2) is 50.2 Å². The van der Waals surface area contributed by atoms with Crippen molar-refractivity contribution in [1.82, 2.24) is 9.88 Å². The van der Waals surface area contributed by atoms with Crippen LogP contribution in [0.4, 0.5) is 5.69 Å². The Morgan fingerprint density at radius 1 is 1.13 bits per heavy atom. The molecule has 168 valence electrons. The zero-order chi connectivity index (χ0) is 22.1. The lowest BCUT2D eigenvalue weighted by atomic mass is 9.92. The summed E-state index contributed by atoms with van der Waals surface area (Å²) in [6.07, 6.45) is 7.32. The highest BCUT2D eigenvalue weighted by atomic mass is 31.2. The summed E-state index contributed by atoms with van der Waals surface area (Å²) in [5, 5.41) is 5.15. The third-order valence-corrected chi connectivity index (χ3v) is 5.57. The van der Waals surface area contributed by atoms with Gasteiger partial charge >= 0.3 is 7.82 Å². The van der Waals surface area contributed by atoms with E-state index in [0.717, 1.165) is 25.0 Å². The number of nitrogens with zero attached hydrogens (tertiary/aromatic N) is 2. The molecule has 1 heterocycles. The fourth-order valence-corrected chi connectivity index (χ4v) is 4.02. The molecule has 0 saturated heterocycles. The third kappa shape index (κ3) is 7.97. The van der Waals surface area contributed by atoms with E-state index >= 15 is 0 Å². The topological polar surface area (TPSA) is 106 Å². The Kier molecular flexibility index (Phi) is 9.72. The molecule has 3 rings (SSSR count). The molecule has 0 spiro atoms. The van der Waals surface area contributed by atoms with Crippen molar-refractivity contribution in [3.8, 4) is 0 Å². The minimum absolute atomic E-state index is 0.493. The average Bonchev–Trinajstić information content (AvgIpc) is 2.70. The van der Waals surface area contributed by atoms with Gasteiger partial charge in [-0.1, -0.05) is 32.0 Å². The van der Waals surface area contributed by atoms with Crippen LogP contribution < -0.4 is 5.32 Å². The summed E-state index contributed by atoms with van der Waals surface area (Å²) in [4.78, 5) is 29.0. The maximum absolute atomic E-state index is 8.88. The van der Waals surface area contributed by atoms with Gasteiger partial charge in [0.25, 0.3) is 0 Å². The highest BCUT2D eigenvalue weighted by Crippen LogP contribution is 2.34. The molecule has 0 fully saturated rings. The maximum Gasteiger partial charge on any atom is 0.466 e. The number of rotatable bonds is 8. The van der Waals surface area contributed by atoms with Crippen molar-refractivity contribution in [3.63, 3.8) is 0 Å². The highest BCUT2D eigenvalue weighted by Gasteiger charge is 2.19. The van der Waals surface area contributed by atoms with Gasteiger partial charge in [-0.3, -0.25) is 4.98 Å². The molecular formula is C22H36N3O4P. The largest absolute Gasteiger partial charge is 0.466 e. The molecule has 1 aliphatic rings. The number of aromatic nitrogens is 1. The van der Waals surface area contributed by atoms with Gasteiger partial charge in [-0.2, -0.15) is 0 Å². The van der Waals surface area contributed by atoms with Crippen molar-refractivity contribution in [2.75, 3.05) is 25.0 Å². The van der Waals surface area contributed by atoms with E-state index in [1.807, 2.05) is 0 Å². The number of hydrogen-bond acceptors (Lipinski definition) is 4. The number of anilines is 1. The molecule has 1 aromatic carbocycles. The Labute approximate surface area is 179 Å². The van der Waals surface area contributed by atoms with Crippen LogP contribution in [0, 0.1) is 0 Å². The van der Waals surface area contributed by atoms with Gasteiger partial charge < -0.3 is 24.9 Å². The summed E-state index contributed by atoms with van der Waals surface area (Å²) in [7, 11) is -4.64. The normalized spacial score (nSPS) is 14.8. The third-order valence-electron chi connectivity index (χ3n) is 5.57. The Balaban J connectivity index is 0.000000575. The van der Waals surface area contributed by atoms with E-state index in [1.54, 1.807) is 0 Å². The van der Waals surface area contributed by atoms with Gasteiger partial charge in [-0.05, 0) is 76.7 Å². The number of pyridine rings is 1. The summed E-state index contributed by atoms with van der Waals surface area (Å²) in [5.41, 5.74) is 5.29. The lowest BCUT2D eigenvalue weighted by Crippen LogP contribution is -2.26. The van der Waals surface area contributed by atoms with Gasteiger partial charge in [0, 0.05) is 22.8 Å². The molecule has 1 atom stereocenters. The van der Waals surface area contributed by atoms with Gasteiger partial charge in [-0.15, -0.1) is 0 Å². The fourth-order valence-electron chi connectivity index (χ4n) is 4.02. The van der Waals surface area contributed by atoms with Crippen LogP contribution >= 0.6 is 7.82 Å². The highest BCUT2D eigenvalue weighted by molar-refractivity contribution is 7.45. The van der Waals surface area contributed by atoms with Crippen LogP contribution in [0.25, 0.3) is 10.9 Å². The van der Waals surface area contributed by atoms with Crippen molar-refractivity contribution >= 4 is 24.4 Å². The quantitative estimate of drug-likeness (QED) is 0.461. The molecule has 1 aliphatic carbocycles. The van der Waals surface area contributed by atoms with Gasteiger partial charge in [0.15, 0.2) is 0 Å². The van der Waals surface area contributed by atoms with E-state index in [0.29, 0.717) is 6.04 Å². The minimum atomic E-state index is -4.64. The summed E-state index contributed by atoms with van der Waals surface area (Å²) in [5.74, 6) is 0. The summed E-state index contributed by atoms with van der Waals surface area (Å²) >= 11 is 0. The lowest BCUT2D eigenvalue weighted by Gasteiger charge is -2.25. The second-order valence-electron chi connectivity index (χ2n) is 7.86. The first-order valence-corrected chi connectivity index (χ1v) is 12.5. The molecule has 0 saturated carbocycles. The van der Waals surface area contributed by atoms with Crippen LogP contribution in [-0.2, 0) is 17.4 Å². The molecule has 2 aromatic rings. The first kappa shape index (κ1) is 24.8. The van der Waals surface area contributed by atoms with Gasteiger partial charge in [0.2, 0.25) is 0 Å². The predicted octanol–water partition coefficient (Wildman–Crippen LogP) is 4.11. The van der Waals surface area contributed by atoms with E-state index in [-0.39, 0.29) is 0 Å². The van der Waals surface area contributed by atoms with Crippen molar-refractivity contribution in [1.29, 1.82) is 0 Å². The van der Waals surface area contributed by atoms with Crippen LogP contribution in [0.15, 0.2) is 24.3 Å². The Morgan fingerprint density at radius 2 is 1.77 bits per heavy atom. The molecule has 1 aromatic heterocycles. The Hall–Kier alpha value is -1.50. The second-order valence-corrected chi connectivity index (χ2v) is 8.89. The van der Waals surface area contributed by atoms with Crippen molar-refractivity contribution in [2.24, 2.45) is 0 Å². The van der Waals surface area contributed by atoms with Crippen LogP contribution in [0.1, 0.15) is 57.7 Å². The molecule has 0 radical (unpaired) electrons. The van der Waals surface area contributed by atoms with Crippen LogP contribution in [0.3, 0.4) is 0 Å². The first-order chi connectivity index (χ1) is 14.2. The molecular weight excluding hydrogens is 401 g/mol. The monoisotopic (exact) mass is 437 g/mol. The SMILES string of the molecule is CCN(CC)CCCC(C)Nc1c2c(nc3ccccc13)CCCC2.O=P(O)(O)O. The Morgan fingerprint density at radius 3 is 2.43 bits per heavy atom. The minimum Gasteiger partial charge on any atom is -0.382 e. The smallest absolute Gasteiger partial charge is 0.382 e. The Bertz CT molecular complexity index is 843. The maximum atomic E-state index is 8.88. The van der Waals surface area contributed by atoms with Crippen LogP contribution in [0.2, 0.25) is 0 Å².